The third-order valence-electron chi connectivity index (χ3n) is 6.52. The Bertz CT molecular complexity index is 525. The van der Waals surface area contributed by atoms with Gasteiger partial charge in [-0.05, 0) is 38.5 Å². The van der Waals surface area contributed by atoms with Crippen molar-refractivity contribution < 1.29 is 14.3 Å². The minimum atomic E-state index is -0.116. The monoisotopic (exact) mass is 364 g/mol. The lowest BCUT2D eigenvalue weighted by Crippen LogP contribution is -2.58. The molecule has 0 aromatic carbocycles. The fourth-order valence-corrected chi connectivity index (χ4v) is 4.59. The fraction of sp³-hybridized carbons (Fsp3) is 0.895. The largest absolute Gasteiger partial charge is 0.378 e. The smallest absolute Gasteiger partial charge is 0.239 e. The van der Waals surface area contributed by atoms with Crippen LogP contribution in [0.2, 0.25) is 0 Å². The van der Waals surface area contributed by atoms with Gasteiger partial charge in [0.25, 0.3) is 0 Å². The molecule has 4 aliphatic rings. The lowest BCUT2D eigenvalue weighted by molar-refractivity contribution is -0.142. The van der Waals surface area contributed by atoms with Crippen molar-refractivity contribution >= 4 is 11.8 Å². The van der Waals surface area contributed by atoms with Gasteiger partial charge in [-0.25, -0.2) is 0 Å². The summed E-state index contributed by atoms with van der Waals surface area (Å²) in [5.74, 6) is 1.27. The Hall–Kier alpha value is -1.18. The molecule has 3 unspecified atom stereocenters. The highest BCUT2D eigenvalue weighted by molar-refractivity contribution is 5.83. The predicted molar refractivity (Wildman–Crippen MR) is 97.7 cm³/mol. The summed E-state index contributed by atoms with van der Waals surface area (Å²) in [6, 6.07) is 0.463. The number of piperazine rings is 1. The average Bonchev–Trinajstić information content (AvgIpc) is 3.44. The van der Waals surface area contributed by atoms with Crippen molar-refractivity contribution in [2.75, 3.05) is 52.5 Å². The first-order valence-electron chi connectivity index (χ1n) is 10.3. The number of ether oxygens (including phenoxy) is 1. The van der Waals surface area contributed by atoms with Crippen LogP contribution in [0.15, 0.2) is 0 Å². The molecular formula is C19H32N4O3. The van der Waals surface area contributed by atoms with Crippen LogP contribution in [-0.4, -0.2) is 97.1 Å². The van der Waals surface area contributed by atoms with Gasteiger partial charge < -0.3 is 19.9 Å². The molecule has 0 spiro atoms. The van der Waals surface area contributed by atoms with E-state index >= 15 is 0 Å². The van der Waals surface area contributed by atoms with Crippen LogP contribution in [0.4, 0.5) is 0 Å². The standard InChI is InChI=1S/C19H32N4O3/c1-14(18(24)23-10-12-26-13-11-23)21-6-8-22(9-7-21)19(25)17-5-4-16(20-17)15-2-3-15/h14-17,20H,2-13H2,1H3. The first-order chi connectivity index (χ1) is 12.6. The van der Waals surface area contributed by atoms with E-state index in [9.17, 15) is 9.59 Å². The number of carbonyl (C=O) groups is 2. The van der Waals surface area contributed by atoms with Gasteiger partial charge in [0.15, 0.2) is 0 Å². The van der Waals surface area contributed by atoms with Gasteiger partial charge in [0, 0.05) is 45.3 Å². The molecule has 4 rings (SSSR count). The highest BCUT2D eigenvalue weighted by Gasteiger charge is 2.40. The van der Waals surface area contributed by atoms with Crippen molar-refractivity contribution in [1.82, 2.24) is 20.0 Å². The van der Waals surface area contributed by atoms with E-state index in [1.165, 1.54) is 12.8 Å². The van der Waals surface area contributed by atoms with Crippen molar-refractivity contribution in [3.63, 3.8) is 0 Å². The molecule has 7 heteroatoms. The van der Waals surface area contributed by atoms with Gasteiger partial charge in [0.05, 0.1) is 25.3 Å². The van der Waals surface area contributed by atoms with Crippen LogP contribution in [0.5, 0.6) is 0 Å². The number of amides is 2. The first-order valence-corrected chi connectivity index (χ1v) is 10.3. The molecule has 3 saturated heterocycles. The van der Waals surface area contributed by atoms with Gasteiger partial charge in [-0.2, -0.15) is 0 Å². The Morgan fingerprint density at radius 2 is 1.62 bits per heavy atom. The van der Waals surface area contributed by atoms with Crippen molar-refractivity contribution in [3.05, 3.63) is 0 Å². The van der Waals surface area contributed by atoms with E-state index in [2.05, 4.69) is 10.2 Å². The first kappa shape index (κ1) is 18.2. The van der Waals surface area contributed by atoms with E-state index in [4.69, 9.17) is 4.74 Å². The van der Waals surface area contributed by atoms with Gasteiger partial charge in [0.2, 0.25) is 11.8 Å². The summed E-state index contributed by atoms with van der Waals surface area (Å²) < 4.78 is 5.33. The maximum Gasteiger partial charge on any atom is 0.239 e. The van der Waals surface area contributed by atoms with Gasteiger partial charge in [-0.3, -0.25) is 14.5 Å². The maximum absolute atomic E-state index is 12.8. The number of rotatable bonds is 4. The zero-order chi connectivity index (χ0) is 18.1. The van der Waals surface area contributed by atoms with Crippen molar-refractivity contribution in [2.45, 2.75) is 50.7 Å². The van der Waals surface area contributed by atoms with Crippen LogP contribution in [0.3, 0.4) is 0 Å². The third kappa shape index (κ3) is 3.89. The molecule has 1 N–H and O–H groups in total. The van der Waals surface area contributed by atoms with E-state index < -0.39 is 0 Å². The number of hydrogen-bond donors (Lipinski definition) is 1. The Labute approximate surface area is 156 Å². The molecule has 0 aromatic heterocycles. The summed E-state index contributed by atoms with van der Waals surface area (Å²) in [5, 5.41) is 3.57. The normalized spacial score (nSPS) is 31.9. The topological polar surface area (TPSA) is 65.1 Å². The highest BCUT2D eigenvalue weighted by atomic mass is 16.5. The minimum Gasteiger partial charge on any atom is -0.378 e. The SMILES string of the molecule is CC(C(=O)N1CCOCC1)N1CCN(C(=O)C2CCC(C3CC3)N2)CC1. The number of hydrogen-bond acceptors (Lipinski definition) is 5. The van der Waals surface area contributed by atoms with Crippen LogP contribution < -0.4 is 5.32 Å². The van der Waals surface area contributed by atoms with Gasteiger partial charge in [-0.1, -0.05) is 0 Å². The summed E-state index contributed by atoms with van der Waals surface area (Å²) >= 11 is 0. The van der Waals surface area contributed by atoms with Crippen LogP contribution >= 0.6 is 0 Å². The molecule has 0 radical (unpaired) electrons. The zero-order valence-electron chi connectivity index (χ0n) is 15.9. The van der Waals surface area contributed by atoms with Gasteiger partial charge >= 0.3 is 0 Å². The van der Waals surface area contributed by atoms with Crippen molar-refractivity contribution in [2.24, 2.45) is 5.92 Å². The summed E-state index contributed by atoms with van der Waals surface area (Å²) in [7, 11) is 0. The molecule has 0 aromatic rings. The summed E-state index contributed by atoms with van der Waals surface area (Å²) in [4.78, 5) is 31.6. The van der Waals surface area contributed by atoms with Crippen LogP contribution in [0, 0.1) is 5.92 Å². The number of morpholine rings is 1. The van der Waals surface area contributed by atoms with E-state index in [1.54, 1.807) is 0 Å². The molecule has 1 saturated carbocycles. The second kappa shape index (κ2) is 7.82. The minimum absolute atomic E-state index is 0.0135. The summed E-state index contributed by atoms with van der Waals surface area (Å²) in [6.07, 6.45) is 4.77. The molecule has 3 atom stereocenters. The number of nitrogens with one attached hydrogen (secondary N) is 1. The van der Waals surface area contributed by atoms with Crippen molar-refractivity contribution in [1.29, 1.82) is 0 Å². The molecule has 0 bridgehead atoms. The summed E-state index contributed by atoms with van der Waals surface area (Å²) in [5.41, 5.74) is 0. The van der Waals surface area contributed by atoms with Crippen LogP contribution in [0.1, 0.15) is 32.6 Å². The predicted octanol–water partition coefficient (Wildman–Crippen LogP) is -0.0915. The Morgan fingerprint density at radius 3 is 2.27 bits per heavy atom. The molecular weight excluding hydrogens is 332 g/mol. The molecule has 3 aliphatic heterocycles. The molecule has 1 aliphatic carbocycles. The third-order valence-corrected chi connectivity index (χ3v) is 6.52. The Kier molecular flexibility index (Phi) is 5.47. The fourth-order valence-electron chi connectivity index (χ4n) is 4.59. The van der Waals surface area contributed by atoms with E-state index in [1.807, 2.05) is 16.7 Å². The van der Waals surface area contributed by atoms with Crippen LogP contribution in [0.25, 0.3) is 0 Å². The van der Waals surface area contributed by atoms with Crippen LogP contribution in [-0.2, 0) is 14.3 Å². The average molecular weight is 364 g/mol. The second-order valence-electron chi connectivity index (χ2n) is 8.22. The summed E-state index contributed by atoms with van der Waals surface area (Å²) in [6.45, 7) is 7.66. The Morgan fingerprint density at radius 1 is 0.923 bits per heavy atom. The Balaban J connectivity index is 1.24. The maximum atomic E-state index is 12.8. The van der Waals surface area contributed by atoms with Gasteiger partial charge in [0.1, 0.15) is 0 Å². The van der Waals surface area contributed by atoms with E-state index in [-0.39, 0.29) is 23.9 Å². The number of nitrogens with zero attached hydrogens (tertiary/aromatic N) is 3. The molecule has 4 fully saturated rings. The van der Waals surface area contributed by atoms with Crippen molar-refractivity contribution in [3.8, 4) is 0 Å². The highest BCUT2D eigenvalue weighted by Crippen LogP contribution is 2.37. The zero-order valence-corrected chi connectivity index (χ0v) is 15.9. The van der Waals surface area contributed by atoms with Gasteiger partial charge in [-0.15, -0.1) is 0 Å². The molecule has 2 amide bonds. The van der Waals surface area contributed by atoms with E-state index in [0.29, 0.717) is 32.3 Å². The molecule has 146 valence electrons. The number of carbonyl (C=O) groups excluding carboxylic acids is 2. The molecule has 3 heterocycles. The lowest BCUT2D eigenvalue weighted by Gasteiger charge is -2.40. The second-order valence-corrected chi connectivity index (χ2v) is 8.22. The molecule has 26 heavy (non-hydrogen) atoms. The molecule has 7 nitrogen and oxygen atoms in total. The lowest BCUT2D eigenvalue weighted by atomic mass is 10.1. The van der Waals surface area contributed by atoms with E-state index in [0.717, 1.165) is 44.9 Å². The quantitative estimate of drug-likeness (QED) is 0.755.